The van der Waals surface area contributed by atoms with E-state index in [4.69, 9.17) is 4.98 Å². The van der Waals surface area contributed by atoms with Crippen molar-refractivity contribution < 1.29 is 0 Å². The standard InChI is InChI=1S/C39H39BN2Si/c1-2-3-17-32-18-16-27-37(30-32)43(35-23-12-6-13-24-35,36-25-14-7-15-26-36)31-42-29-28-41-39(42)40-38(33-19-8-4-9-20-33)34-21-10-5-11-22-34/h4-16,18-30,38,40H,2-3,17,31H2,1H3. The lowest BCUT2D eigenvalue weighted by Crippen LogP contribution is -2.70. The number of imidazole rings is 1. The summed E-state index contributed by atoms with van der Waals surface area (Å²) in [5.41, 5.74) is 5.20. The summed E-state index contributed by atoms with van der Waals surface area (Å²) in [4.78, 5) is 5.02. The van der Waals surface area contributed by atoms with Gasteiger partial charge in [-0.25, -0.2) is 0 Å². The predicted octanol–water partition coefficient (Wildman–Crippen LogP) is 5.79. The quantitative estimate of drug-likeness (QED) is 0.134. The van der Waals surface area contributed by atoms with Gasteiger partial charge in [-0.1, -0.05) is 159 Å². The molecule has 0 bridgehead atoms. The first-order valence-corrected chi connectivity index (χ1v) is 17.8. The van der Waals surface area contributed by atoms with Gasteiger partial charge in [-0.2, -0.15) is 0 Å². The molecule has 2 nitrogen and oxygen atoms in total. The zero-order chi connectivity index (χ0) is 29.3. The van der Waals surface area contributed by atoms with Crippen molar-refractivity contribution in [2.75, 3.05) is 0 Å². The van der Waals surface area contributed by atoms with E-state index in [2.05, 4.69) is 163 Å². The summed E-state index contributed by atoms with van der Waals surface area (Å²) in [5.74, 6) is 0.227. The van der Waals surface area contributed by atoms with Gasteiger partial charge in [-0.05, 0) is 50.9 Å². The Morgan fingerprint density at radius 2 is 1.19 bits per heavy atom. The van der Waals surface area contributed by atoms with Gasteiger partial charge in [-0.15, -0.1) is 0 Å². The second-order valence-corrected chi connectivity index (χ2v) is 15.3. The van der Waals surface area contributed by atoms with Crippen LogP contribution in [0, 0.1) is 0 Å². The van der Waals surface area contributed by atoms with Crippen LogP contribution >= 0.6 is 0 Å². The third-order valence-corrected chi connectivity index (χ3v) is 13.5. The number of aromatic nitrogens is 2. The van der Waals surface area contributed by atoms with Crippen LogP contribution in [-0.4, -0.2) is 24.9 Å². The number of rotatable bonds is 12. The van der Waals surface area contributed by atoms with E-state index in [1.54, 1.807) is 0 Å². The van der Waals surface area contributed by atoms with Crippen LogP contribution in [0.4, 0.5) is 0 Å². The molecule has 0 aliphatic carbocycles. The maximum atomic E-state index is 5.02. The number of benzene rings is 5. The summed E-state index contributed by atoms with van der Waals surface area (Å²) in [5, 5.41) is 4.31. The Balaban J connectivity index is 1.48. The Hall–Kier alpha value is -4.41. The molecule has 0 saturated carbocycles. The van der Waals surface area contributed by atoms with Crippen molar-refractivity contribution in [2.45, 2.75) is 38.2 Å². The number of aryl methyl sites for hydroxylation is 1. The van der Waals surface area contributed by atoms with E-state index in [9.17, 15) is 0 Å². The Bertz CT molecular complexity index is 1620. The van der Waals surface area contributed by atoms with Gasteiger partial charge < -0.3 is 4.57 Å². The number of hydrogen-bond acceptors (Lipinski definition) is 1. The van der Waals surface area contributed by atoms with E-state index in [0.29, 0.717) is 0 Å². The molecule has 6 aromatic rings. The van der Waals surface area contributed by atoms with E-state index in [-0.39, 0.29) is 5.82 Å². The summed E-state index contributed by atoms with van der Waals surface area (Å²) < 4.78 is 2.46. The molecule has 0 spiro atoms. The highest BCUT2D eigenvalue weighted by molar-refractivity contribution is 7.10. The average molecular weight is 575 g/mol. The lowest BCUT2D eigenvalue weighted by atomic mass is 9.58. The van der Waals surface area contributed by atoms with Crippen molar-refractivity contribution in [3.63, 3.8) is 0 Å². The molecule has 0 fully saturated rings. The van der Waals surface area contributed by atoms with Gasteiger partial charge in [0.15, 0.2) is 8.07 Å². The SMILES string of the molecule is CCCCc1cccc([Si](Cn2ccnc2BC(c2ccccc2)c2ccccc2)(c2ccccc2)c2ccccc2)c1. The molecule has 4 heteroatoms. The minimum Gasteiger partial charge on any atom is -0.345 e. The number of unbranched alkanes of at least 4 members (excludes halogenated alkanes) is 1. The van der Waals surface area contributed by atoms with Crippen molar-refractivity contribution in [2.24, 2.45) is 0 Å². The van der Waals surface area contributed by atoms with Crippen LogP contribution in [0.5, 0.6) is 0 Å². The normalized spacial score (nSPS) is 11.5. The minimum atomic E-state index is -2.52. The van der Waals surface area contributed by atoms with Crippen LogP contribution in [0.25, 0.3) is 0 Å². The third-order valence-electron chi connectivity index (χ3n) is 8.77. The van der Waals surface area contributed by atoms with E-state index < -0.39 is 8.07 Å². The fourth-order valence-electron chi connectivity index (χ4n) is 6.50. The first-order valence-electron chi connectivity index (χ1n) is 15.6. The predicted molar refractivity (Wildman–Crippen MR) is 186 cm³/mol. The molecule has 0 atom stereocenters. The maximum Gasteiger partial charge on any atom is 0.217 e. The molecule has 43 heavy (non-hydrogen) atoms. The minimum absolute atomic E-state index is 0.227. The second kappa shape index (κ2) is 13.7. The van der Waals surface area contributed by atoms with Gasteiger partial charge in [0.25, 0.3) is 0 Å². The fraction of sp³-hybridized carbons (Fsp3) is 0.154. The fourth-order valence-corrected chi connectivity index (χ4v) is 11.2. The first kappa shape index (κ1) is 28.7. The topological polar surface area (TPSA) is 17.8 Å². The lowest BCUT2D eigenvalue weighted by Gasteiger charge is -2.35. The van der Waals surface area contributed by atoms with Crippen LogP contribution in [-0.2, 0) is 12.6 Å². The highest BCUT2D eigenvalue weighted by atomic mass is 28.3. The van der Waals surface area contributed by atoms with Gasteiger partial charge in [-0.3, -0.25) is 4.98 Å². The van der Waals surface area contributed by atoms with E-state index in [1.165, 1.54) is 45.1 Å². The van der Waals surface area contributed by atoms with Crippen molar-refractivity contribution >= 4 is 36.6 Å². The van der Waals surface area contributed by atoms with E-state index in [0.717, 1.165) is 25.6 Å². The van der Waals surface area contributed by atoms with Crippen LogP contribution in [0.2, 0.25) is 0 Å². The molecule has 1 heterocycles. The average Bonchev–Trinajstić information content (AvgIpc) is 3.53. The maximum absolute atomic E-state index is 5.02. The molecule has 1 aromatic heterocycles. The zero-order valence-corrected chi connectivity index (χ0v) is 26.0. The molecule has 0 N–H and O–H groups in total. The second-order valence-electron chi connectivity index (χ2n) is 11.5. The van der Waals surface area contributed by atoms with E-state index >= 15 is 0 Å². The molecule has 0 aliphatic heterocycles. The van der Waals surface area contributed by atoms with Gasteiger partial charge >= 0.3 is 0 Å². The largest absolute Gasteiger partial charge is 0.345 e. The van der Waals surface area contributed by atoms with Gasteiger partial charge in [0, 0.05) is 18.6 Å². The summed E-state index contributed by atoms with van der Waals surface area (Å²) in [6, 6.07) is 53.8. The molecular formula is C39H39BN2Si. The van der Waals surface area contributed by atoms with Gasteiger partial charge in [0.05, 0.1) is 5.72 Å². The molecule has 5 aromatic carbocycles. The summed E-state index contributed by atoms with van der Waals surface area (Å²) >= 11 is 0. The smallest absolute Gasteiger partial charge is 0.217 e. The third kappa shape index (κ3) is 6.35. The molecule has 0 saturated heterocycles. The number of nitrogens with zero attached hydrogens (tertiary/aromatic N) is 2. The molecule has 6 rings (SSSR count). The highest BCUT2D eigenvalue weighted by Crippen LogP contribution is 2.23. The molecule has 0 radical (unpaired) electrons. The Labute approximate surface area is 258 Å². The van der Waals surface area contributed by atoms with Gasteiger partial charge in [0.1, 0.15) is 0 Å². The van der Waals surface area contributed by atoms with Crippen molar-refractivity contribution in [3.05, 3.63) is 175 Å². The highest BCUT2D eigenvalue weighted by Gasteiger charge is 2.40. The van der Waals surface area contributed by atoms with E-state index in [1.807, 2.05) is 6.20 Å². The molecule has 0 aliphatic rings. The Morgan fingerprint density at radius 1 is 0.651 bits per heavy atom. The van der Waals surface area contributed by atoms with Crippen LogP contribution < -0.4 is 21.3 Å². The van der Waals surface area contributed by atoms with Crippen LogP contribution in [0.3, 0.4) is 0 Å². The first-order chi connectivity index (χ1) is 21.3. The van der Waals surface area contributed by atoms with Crippen LogP contribution in [0.15, 0.2) is 158 Å². The lowest BCUT2D eigenvalue weighted by molar-refractivity contribution is 0.795. The number of hydrogen-bond donors (Lipinski definition) is 0. The summed E-state index contributed by atoms with van der Waals surface area (Å²) in [6.07, 6.45) is 8.62. The Kier molecular flexibility index (Phi) is 9.15. The monoisotopic (exact) mass is 574 g/mol. The summed E-state index contributed by atoms with van der Waals surface area (Å²) in [6.45, 7) is 2.27. The zero-order valence-electron chi connectivity index (χ0n) is 25.0. The molecular weight excluding hydrogens is 535 g/mol. The summed E-state index contributed by atoms with van der Waals surface area (Å²) in [7, 11) is -1.68. The van der Waals surface area contributed by atoms with Crippen molar-refractivity contribution in [1.29, 1.82) is 0 Å². The van der Waals surface area contributed by atoms with Crippen LogP contribution in [0.1, 0.15) is 42.3 Å². The Morgan fingerprint density at radius 3 is 1.74 bits per heavy atom. The molecule has 0 unspecified atom stereocenters. The molecule has 212 valence electrons. The van der Waals surface area contributed by atoms with Gasteiger partial charge in [0.2, 0.25) is 7.28 Å². The molecule has 0 amide bonds. The van der Waals surface area contributed by atoms with Crippen molar-refractivity contribution in [1.82, 2.24) is 9.55 Å². The van der Waals surface area contributed by atoms with Crippen molar-refractivity contribution in [3.8, 4) is 0 Å².